The van der Waals surface area contributed by atoms with E-state index in [0.717, 1.165) is 61.1 Å². The number of aryl methyl sites for hydroxylation is 2. The van der Waals surface area contributed by atoms with Gasteiger partial charge in [0.25, 0.3) is 5.95 Å². The van der Waals surface area contributed by atoms with Gasteiger partial charge in [-0.1, -0.05) is 35.4 Å². The predicted octanol–water partition coefficient (Wildman–Crippen LogP) is 5.15. The molecule has 9 heteroatoms. The summed E-state index contributed by atoms with van der Waals surface area (Å²) in [4.78, 5) is 13.8. The van der Waals surface area contributed by atoms with E-state index >= 15 is 0 Å². The van der Waals surface area contributed by atoms with Crippen LogP contribution in [-0.4, -0.2) is 57.4 Å². The number of halogens is 3. The van der Waals surface area contributed by atoms with Gasteiger partial charge in [0.1, 0.15) is 0 Å². The number of nitrogens with zero attached hydrogens (tertiary/aromatic N) is 6. The normalized spacial score (nSPS) is 14.7. The topological polar surface area (TPSA) is 50.1 Å². The molecule has 0 atom stereocenters. The van der Waals surface area contributed by atoms with Gasteiger partial charge >= 0.3 is 0 Å². The molecule has 3 heterocycles. The first-order valence-electron chi connectivity index (χ1n) is 10.4. The van der Waals surface area contributed by atoms with Crippen molar-refractivity contribution in [1.82, 2.24) is 24.6 Å². The molecule has 1 aliphatic heterocycles. The van der Waals surface area contributed by atoms with Crippen molar-refractivity contribution >= 4 is 47.4 Å². The van der Waals surface area contributed by atoms with Gasteiger partial charge in [-0.25, -0.2) is 14.6 Å². The maximum Gasteiger partial charge on any atom is 0.251 e. The molecule has 0 unspecified atom stereocenters. The number of piperazine rings is 1. The summed E-state index contributed by atoms with van der Waals surface area (Å²) in [6.07, 6.45) is 6.19. The molecule has 1 fully saturated rings. The van der Waals surface area contributed by atoms with Crippen LogP contribution in [0.4, 0.5) is 5.69 Å². The van der Waals surface area contributed by atoms with Crippen molar-refractivity contribution in [2.75, 3.05) is 37.6 Å². The molecule has 3 aromatic rings. The Hall–Kier alpha value is -2.12. The van der Waals surface area contributed by atoms with Crippen molar-refractivity contribution in [1.29, 1.82) is 0 Å². The van der Waals surface area contributed by atoms with E-state index in [2.05, 4.69) is 37.0 Å². The molecule has 32 heavy (non-hydrogen) atoms. The minimum Gasteiger partial charge on any atom is -0.368 e. The quantitative estimate of drug-likeness (QED) is 0.492. The van der Waals surface area contributed by atoms with E-state index in [4.69, 9.17) is 23.2 Å². The number of hydrogen-bond donors (Lipinski definition) is 0. The van der Waals surface area contributed by atoms with Crippen LogP contribution in [0.15, 0.2) is 36.5 Å². The number of rotatable bonds is 5. The van der Waals surface area contributed by atoms with Crippen molar-refractivity contribution in [3.05, 3.63) is 69.2 Å². The zero-order chi connectivity index (χ0) is 22.0. The summed E-state index contributed by atoms with van der Waals surface area (Å²) in [7, 11) is 0. The molecule has 0 spiro atoms. The minimum absolute atomic E-state index is 0. The van der Waals surface area contributed by atoms with Crippen LogP contribution in [0.2, 0.25) is 10.0 Å². The number of aromatic nitrogens is 4. The molecule has 0 aliphatic carbocycles. The lowest BCUT2D eigenvalue weighted by Gasteiger charge is -2.36. The van der Waals surface area contributed by atoms with E-state index in [0.29, 0.717) is 16.0 Å². The zero-order valence-corrected chi connectivity index (χ0v) is 20.8. The van der Waals surface area contributed by atoms with E-state index in [1.54, 1.807) is 10.7 Å². The Bertz CT molecular complexity index is 1080. The highest BCUT2D eigenvalue weighted by atomic mass is 35.5. The van der Waals surface area contributed by atoms with Gasteiger partial charge in [0.05, 0.1) is 22.6 Å². The van der Waals surface area contributed by atoms with Crippen LogP contribution in [0.1, 0.15) is 22.6 Å². The third-order valence-electron chi connectivity index (χ3n) is 5.49. The minimum atomic E-state index is 0. The molecule has 4 rings (SSSR count). The highest BCUT2D eigenvalue weighted by Crippen LogP contribution is 2.29. The Morgan fingerprint density at radius 3 is 2.31 bits per heavy atom. The Labute approximate surface area is 205 Å². The van der Waals surface area contributed by atoms with E-state index in [9.17, 15) is 0 Å². The van der Waals surface area contributed by atoms with Crippen LogP contribution in [0.3, 0.4) is 0 Å². The molecule has 1 aromatic carbocycles. The van der Waals surface area contributed by atoms with E-state index in [1.165, 1.54) is 0 Å². The summed E-state index contributed by atoms with van der Waals surface area (Å²) in [6.45, 7) is 10.7. The van der Waals surface area contributed by atoms with Crippen LogP contribution in [-0.2, 0) is 0 Å². The van der Waals surface area contributed by atoms with E-state index < -0.39 is 0 Å². The van der Waals surface area contributed by atoms with Crippen LogP contribution in [0.5, 0.6) is 0 Å². The van der Waals surface area contributed by atoms with Gasteiger partial charge in [0.2, 0.25) is 0 Å². The number of benzene rings is 1. The van der Waals surface area contributed by atoms with E-state index in [1.807, 2.05) is 45.2 Å². The monoisotopic (exact) mass is 492 g/mol. The fourth-order valence-electron chi connectivity index (χ4n) is 3.83. The Morgan fingerprint density at radius 1 is 0.969 bits per heavy atom. The van der Waals surface area contributed by atoms with Crippen molar-refractivity contribution < 1.29 is 0 Å². The molecule has 0 radical (unpaired) electrons. The first kappa shape index (κ1) is 24.5. The summed E-state index contributed by atoms with van der Waals surface area (Å²) in [5, 5.41) is 5.87. The van der Waals surface area contributed by atoms with Crippen molar-refractivity contribution in [2.24, 2.45) is 0 Å². The van der Waals surface area contributed by atoms with Crippen LogP contribution in [0, 0.1) is 20.8 Å². The highest BCUT2D eigenvalue weighted by molar-refractivity contribution is 6.36. The summed E-state index contributed by atoms with van der Waals surface area (Å²) >= 11 is 12.4. The third kappa shape index (κ3) is 5.62. The first-order valence-corrected chi connectivity index (χ1v) is 11.1. The van der Waals surface area contributed by atoms with Gasteiger partial charge in [0.15, 0.2) is 0 Å². The standard InChI is InChI=1S/C23H26Cl2N6.ClH/c1-16-13-17(2)28-23(27-16)31-18(3)19(15-26-31)5-4-8-29-9-11-30(12-10-29)22-7-6-20(24)14-21(22)25;/h4-7,13-15H,8-12H2,1-3H3;1H/b5-4+;. The van der Waals surface area contributed by atoms with Gasteiger partial charge in [0, 0.05) is 54.7 Å². The van der Waals surface area contributed by atoms with Crippen LogP contribution in [0.25, 0.3) is 12.0 Å². The summed E-state index contributed by atoms with van der Waals surface area (Å²) in [6, 6.07) is 7.66. The summed E-state index contributed by atoms with van der Waals surface area (Å²) in [5.41, 5.74) is 5.04. The second-order valence-electron chi connectivity index (χ2n) is 7.83. The van der Waals surface area contributed by atoms with Crippen molar-refractivity contribution in [3.63, 3.8) is 0 Å². The third-order valence-corrected chi connectivity index (χ3v) is 6.03. The largest absolute Gasteiger partial charge is 0.368 e. The lowest BCUT2D eigenvalue weighted by molar-refractivity contribution is 0.284. The van der Waals surface area contributed by atoms with Crippen molar-refractivity contribution in [3.8, 4) is 5.95 Å². The Morgan fingerprint density at radius 2 is 1.66 bits per heavy atom. The fraction of sp³-hybridized carbons (Fsp3) is 0.348. The number of anilines is 1. The molecule has 2 aromatic heterocycles. The second kappa shape index (κ2) is 10.7. The highest BCUT2D eigenvalue weighted by Gasteiger charge is 2.18. The molecule has 0 saturated carbocycles. The Kier molecular flexibility index (Phi) is 8.17. The smallest absolute Gasteiger partial charge is 0.251 e. The molecule has 6 nitrogen and oxygen atoms in total. The van der Waals surface area contributed by atoms with Gasteiger partial charge in [-0.2, -0.15) is 5.10 Å². The number of hydrogen-bond acceptors (Lipinski definition) is 5. The summed E-state index contributed by atoms with van der Waals surface area (Å²) in [5.74, 6) is 0.617. The van der Waals surface area contributed by atoms with Crippen LogP contribution < -0.4 is 4.90 Å². The second-order valence-corrected chi connectivity index (χ2v) is 8.68. The SMILES string of the molecule is Cc1cc(C)nc(-n2ncc(/C=C/CN3CCN(c4ccc(Cl)cc4Cl)CC3)c2C)n1.Cl. The zero-order valence-electron chi connectivity index (χ0n) is 18.4. The molecule has 1 aliphatic rings. The van der Waals surface area contributed by atoms with Gasteiger partial charge in [-0.3, -0.25) is 4.90 Å². The predicted molar refractivity (Wildman–Crippen MR) is 135 cm³/mol. The molecule has 0 bridgehead atoms. The lowest BCUT2D eigenvalue weighted by atomic mass is 10.2. The van der Waals surface area contributed by atoms with Gasteiger partial charge < -0.3 is 4.90 Å². The average molecular weight is 494 g/mol. The maximum atomic E-state index is 6.36. The van der Waals surface area contributed by atoms with Crippen LogP contribution >= 0.6 is 35.6 Å². The lowest BCUT2D eigenvalue weighted by Crippen LogP contribution is -2.46. The first-order chi connectivity index (χ1) is 14.9. The van der Waals surface area contributed by atoms with E-state index in [-0.39, 0.29) is 12.4 Å². The Balaban J connectivity index is 0.00000289. The molecular weight excluding hydrogens is 467 g/mol. The van der Waals surface area contributed by atoms with Crippen molar-refractivity contribution in [2.45, 2.75) is 20.8 Å². The summed E-state index contributed by atoms with van der Waals surface area (Å²) < 4.78 is 1.80. The maximum absolute atomic E-state index is 6.36. The molecule has 0 amide bonds. The molecule has 1 saturated heterocycles. The fourth-order valence-corrected chi connectivity index (χ4v) is 4.36. The van der Waals surface area contributed by atoms with Gasteiger partial charge in [-0.15, -0.1) is 12.4 Å². The average Bonchev–Trinajstić information content (AvgIpc) is 3.08. The molecular formula is C23H27Cl3N6. The molecule has 0 N–H and O–H groups in total. The molecule has 170 valence electrons. The van der Waals surface area contributed by atoms with Gasteiger partial charge in [-0.05, 0) is 45.0 Å².